The third-order valence-corrected chi connectivity index (χ3v) is 5.55. The SMILES string of the molecule is O=C(C=CSc1nc2cc(Cl)ccc2s1)c1ccc(Br)cc1. The minimum atomic E-state index is -0.0239. The van der Waals surface area contributed by atoms with Gasteiger partial charge in [-0.2, -0.15) is 0 Å². The fourth-order valence-corrected chi connectivity index (χ4v) is 3.99. The van der Waals surface area contributed by atoms with Crippen molar-refractivity contribution in [2.24, 2.45) is 0 Å². The molecule has 0 saturated heterocycles. The number of nitrogens with zero attached hydrogens (tertiary/aromatic N) is 1. The molecule has 22 heavy (non-hydrogen) atoms. The second-order valence-electron chi connectivity index (χ2n) is 4.38. The van der Waals surface area contributed by atoms with Crippen LogP contribution in [0.2, 0.25) is 5.02 Å². The topological polar surface area (TPSA) is 30.0 Å². The normalized spacial score (nSPS) is 11.4. The van der Waals surface area contributed by atoms with Gasteiger partial charge in [-0.3, -0.25) is 4.79 Å². The average molecular weight is 411 g/mol. The predicted molar refractivity (Wildman–Crippen MR) is 98.1 cm³/mol. The van der Waals surface area contributed by atoms with E-state index in [0.717, 1.165) is 19.0 Å². The van der Waals surface area contributed by atoms with Crippen LogP contribution in [0.4, 0.5) is 0 Å². The number of benzene rings is 2. The van der Waals surface area contributed by atoms with E-state index in [1.165, 1.54) is 11.8 Å². The van der Waals surface area contributed by atoms with Crippen LogP contribution >= 0.6 is 50.6 Å². The monoisotopic (exact) mass is 409 g/mol. The van der Waals surface area contributed by atoms with E-state index in [-0.39, 0.29) is 5.78 Å². The van der Waals surface area contributed by atoms with E-state index in [4.69, 9.17) is 11.6 Å². The van der Waals surface area contributed by atoms with E-state index >= 15 is 0 Å². The van der Waals surface area contributed by atoms with Gasteiger partial charge in [0.05, 0.1) is 10.2 Å². The summed E-state index contributed by atoms with van der Waals surface area (Å²) in [5.41, 5.74) is 1.55. The molecule has 0 fully saturated rings. The lowest BCUT2D eigenvalue weighted by Gasteiger charge is -1.95. The lowest BCUT2D eigenvalue weighted by Crippen LogP contribution is -1.92. The highest BCUT2D eigenvalue weighted by atomic mass is 79.9. The summed E-state index contributed by atoms with van der Waals surface area (Å²) in [5.74, 6) is -0.0239. The molecule has 0 bridgehead atoms. The van der Waals surface area contributed by atoms with E-state index in [0.29, 0.717) is 10.6 Å². The molecule has 1 aromatic heterocycles. The van der Waals surface area contributed by atoms with Crippen molar-refractivity contribution in [3.8, 4) is 0 Å². The van der Waals surface area contributed by atoms with E-state index in [2.05, 4.69) is 20.9 Å². The van der Waals surface area contributed by atoms with Crippen molar-refractivity contribution in [1.82, 2.24) is 4.98 Å². The quantitative estimate of drug-likeness (QED) is 0.291. The molecule has 0 aliphatic heterocycles. The minimum Gasteiger partial charge on any atom is -0.289 e. The molecule has 0 spiro atoms. The Bertz CT molecular complexity index is 858. The Morgan fingerprint density at radius 3 is 2.77 bits per heavy atom. The van der Waals surface area contributed by atoms with Crippen LogP contribution in [0.1, 0.15) is 10.4 Å². The van der Waals surface area contributed by atoms with E-state index in [9.17, 15) is 4.79 Å². The maximum absolute atomic E-state index is 12.0. The van der Waals surface area contributed by atoms with Crippen LogP contribution in [-0.4, -0.2) is 10.8 Å². The molecular weight excluding hydrogens is 402 g/mol. The zero-order chi connectivity index (χ0) is 15.5. The Balaban J connectivity index is 1.70. The molecule has 3 rings (SSSR count). The van der Waals surface area contributed by atoms with E-state index in [1.807, 2.05) is 30.3 Å². The second kappa shape index (κ2) is 6.96. The van der Waals surface area contributed by atoms with Gasteiger partial charge in [0.1, 0.15) is 0 Å². The van der Waals surface area contributed by atoms with Gasteiger partial charge in [-0.15, -0.1) is 11.3 Å². The summed E-state index contributed by atoms with van der Waals surface area (Å²) in [6.45, 7) is 0. The number of thiazole rings is 1. The Hall–Kier alpha value is -1.14. The summed E-state index contributed by atoms with van der Waals surface area (Å²) in [5, 5.41) is 2.44. The first-order valence-corrected chi connectivity index (χ1v) is 9.18. The van der Waals surface area contributed by atoms with Gasteiger partial charge in [0.15, 0.2) is 10.1 Å². The summed E-state index contributed by atoms with van der Waals surface area (Å²) < 4.78 is 2.92. The standard InChI is InChI=1S/C16H9BrClNOS2/c17-11-3-1-10(2-4-11)14(20)7-8-21-16-19-13-9-12(18)5-6-15(13)22-16/h1-9H. The van der Waals surface area contributed by atoms with Gasteiger partial charge < -0.3 is 0 Å². The number of aromatic nitrogens is 1. The molecule has 0 saturated carbocycles. The van der Waals surface area contributed by atoms with Gasteiger partial charge in [0.2, 0.25) is 0 Å². The van der Waals surface area contributed by atoms with Crippen LogP contribution in [0.5, 0.6) is 0 Å². The van der Waals surface area contributed by atoms with Crippen molar-refractivity contribution in [2.45, 2.75) is 4.34 Å². The summed E-state index contributed by atoms with van der Waals surface area (Å²) in [4.78, 5) is 16.5. The van der Waals surface area contributed by atoms with E-state index in [1.54, 1.807) is 35.0 Å². The largest absolute Gasteiger partial charge is 0.289 e. The molecule has 6 heteroatoms. The molecule has 0 radical (unpaired) electrons. The summed E-state index contributed by atoms with van der Waals surface area (Å²) in [7, 11) is 0. The summed E-state index contributed by atoms with van der Waals surface area (Å²) >= 11 is 12.3. The molecule has 110 valence electrons. The molecule has 0 atom stereocenters. The Labute approximate surface area is 149 Å². The Morgan fingerprint density at radius 2 is 2.00 bits per heavy atom. The third-order valence-electron chi connectivity index (χ3n) is 2.85. The van der Waals surface area contributed by atoms with Gasteiger partial charge in [0, 0.05) is 15.1 Å². The van der Waals surface area contributed by atoms with Crippen LogP contribution in [0.15, 0.2) is 62.8 Å². The van der Waals surface area contributed by atoms with Crippen molar-refractivity contribution >= 4 is 66.6 Å². The molecule has 0 amide bonds. The zero-order valence-electron chi connectivity index (χ0n) is 11.1. The molecule has 0 N–H and O–H groups in total. The van der Waals surface area contributed by atoms with Crippen LogP contribution in [0, 0.1) is 0 Å². The molecule has 1 heterocycles. The summed E-state index contributed by atoms with van der Waals surface area (Å²) in [6.07, 6.45) is 1.56. The zero-order valence-corrected chi connectivity index (χ0v) is 15.1. The Morgan fingerprint density at radius 1 is 1.23 bits per heavy atom. The number of rotatable bonds is 4. The minimum absolute atomic E-state index is 0.0239. The molecule has 2 aromatic carbocycles. The van der Waals surface area contributed by atoms with Crippen LogP contribution in [0.3, 0.4) is 0 Å². The first kappa shape index (κ1) is 15.7. The lowest BCUT2D eigenvalue weighted by molar-refractivity contribution is 0.104. The van der Waals surface area contributed by atoms with Gasteiger partial charge in [0.25, 0.3) is 0 Å². The van der Waals surface area contributed by atoms with Crippen LogP contribution < -0.4 is 0 Å². The van der Waals surface area contributed by atoms with Crippen molar-refractivity contribution in [3.05, 3.63) is 69.0 Å². The maximum Gasteiger partial charge on any atom is 0.186 e. The number of hydrogen-bond donors (Lipinski definition) is 0. The van der Waals surface area contributed by atoms with Gasteiger partial charge in [-0.25, -0.2) is 4.98 Å². The smallest absolute Gasteiger partial charge is 0.186 e. The number of halogens is 2. The number of ketones is 1. The number of carbonyl (C=O) groups excluding carboxylic acids is 1. The average Bonchev–Trinajstić information content (AvgIpc) is 2.89. The molecule has 3 aromatic rings. The number of allylic oxidation sites excluding steroid dienone is 1. The van der Waals surface area contributed by atoms with Crippen molar-refractivity contribution < 1.29 is 4.79 Å². The fourth-order valence-electron chi connectivity index (χ4n) is 1.79. The predicted octanol–water partition coefficient (Wildman–Crippen LogP) is 6.20. The van der Waals surface area contributed by atoms with Crippen molar-refractivity contribution in [3.63, 3.8) is 0 Å². The van der Waals surface area contributed by atoms with Gasteiger partial charge in [-0.05, 0) is 53.9 Å². The number of thioether (sulfide) groups is 1. The number of hydrogen-bond acceptors (Lipinski definition) is 4. The third kappa shape index (κ3) is 3.79. The molecular formula is C16H9BrClNOS2. The van der Waals surface area contributed by atoms with E-state index < -0.39 is 0 Å². The molecule has 2 nitrogen and oxygen atoms in total. The van der Waals surface area contributed by atoms with Gasteiger partial charge >= 0.3 is 0 Å². The number of fused-ring (bicyclic) bond motifs is 1. The fraction of sp³-hybridized carbons (Fsp3) is 0. The molecule has 0 unspecified atom stereocenters. The number of carbonyl (C=O) groups is 1. The maximum atomic E-state index is 12.0. The first-order chi connectivity index (χ1) is 10.6. The molecule has 0 aliphatic rings. The van der Waals surface area contributed by atoms with Crippen LogP contribution in [0.25, 0.3) is 10.2 Å². The Kier molecular flexibility index (Phi) is 4.98. The van der Waals surface area contributed by atoms with Crippen molar-refractivity contribution in [1.29, 1.82) is 0 Å². The second-order valence-corrected chi connectivity index (χ2v) is 7.92. The first-order valence-electron chi connectivity index (χ1n) is 6.31. The lowest BCUT2D eigenvalue weighted by atomic mass is 10.1. The molecule has 0 aliphatic carbocycles. The highest BCUT2D eigenvalue weighted by Gasteiger charge is 2.05. The highest BCUT2D eigenvalue weighted by Crippen LogP contribution is 2.31. The van der Waals surface area contributed by atoms with Crippen LogP contribution in [-0.2, 0) is 0 Å². The summed E-state index contributed by atoms with van der Waals surface area (Å²) in [6, 6.07) is 12.9. The highest BCUT2D eigenvalue weighted by molar-refractivity contribution is 9.10. The van der Waals surface area contributed by atoms with Crippen molar-refractivity contribution in [2.75, 3.05) is 0 Å². The van der Waals surface area contributed by atoms with Gasteiger partial charge in [-0.1, -0.05) is 39.3 Å².